The summed E-state index contributed by atoms with van der Waals surface area (Å²) >= 11 is 0. The molecule has 0 fully saturated rings. The molecule has 1 atom stereocenters. The molecule has 0 bridgehead atoms. The maximum atomic E-state index is 12.6. The van der Waals surface area contributed by atoms with Crippen LogP contribution in [0.4, 0.5) is 5.69 Å². The summed E-state index contributed by atoms with van der Waals surface area (Å²) < 4.78 is 11.2. The molecule has 0 aromatic heterocycles. The molecule has 0 saturated heterocycles. The third-order valence-electron chi connectivity index (χ3n) is 3.84. The number of amides is 1. The van der Waals surface area contributed by atoms with Gasteiger partial charge in [-0.2, -0.15) is 0 Å². The standard InChI is InChI=1S/C20H25NO3/c1-5-17(24-19-13-9-8-12-18(19)23-4)20(22)21-16-11-7-6-10-15(16)14(2)3/h6-14,17H,5H2,1-4H3,(H,21,22)/t17-/m1/s1. The first-order valence-corrected chi connectivity index (χ1v) is 8.26. The Balaban J connectivity index is 2.15. The van der Waals surface area contributed by atoms with E-state index in [1.807, 2.05) is 49.4 Å². The molecule has 2 rings (SSSR count). The Bertz CT molecular complexity index is 682. The van der Waals surface area contributed by atoms with E-state index in [2.05, 4.69) is 19.2 Å². The fourth-order valence-corrected chi connectivity index (χ4v) is 2.52. The number of benzene rings is 2. The van der Waals surface area contributed by atoms with E-state index in [0.717, 1.165) is 11.3 Å². The number of nitrogens with one attached hydrogen (secondary N) is 1. The van der Waals surface area contributed by atoms with E-state index >= 15 is 0 Å². The number of methoxy groups -OCH3 is 1. The first-order chi connectivity index (χ1) is 11.6. The van der Waals surface area contributed by atoms with Crippen molar-refractivity contribution in [2.75, 3.05) is 12.4 Å². The Labute approximate surface area is 143 Å². The maximum Gasteiger partial charge on any atom is 0.265 e. The summed E-state index contributed by atoms with van der Waals surface area (Å²) in [6, 6.07) is 15.2. The minimum atomic E-state index is -0.582. The third kappa shape index (κ3) is 4.28. The second kappa shape index (κ2) is 8.39. The highest BCUT2D eigenvalue weighted by Gasteiger charge is 2.21. The van der Waals surface area contributed by atoms with Crippen LogP contribution >= 0.6 is 0 Å². The average molecular weight is 327 g/mol. The van der Waals surface area contributed by atoms with Crippen molar-refractivity contribution in [2.24, 2.45) is 0 Å². The van der Waals surface area contributed by atoms with Crippen LogP contribution in [-0.2, 0) is 4.79 Å². The second-order valence-corrected chi connectivity index (χ2v) is 5.90. The molecule has 0 radical (unpaired) electrons. The maximum absolute atomic E-state index is 12.6. The highest BCUT2D eigenvalue weighted by Crippen LogP contribution is 2.28. The summed E-state index contributed by atoms with van der Waals surface area (Å²) in [5.74, 6) is 1.36. The van der Waals surface area contributed by atoms with E-state index in [1.54, 1.807) is 13.2 Å². The molecule has 4 nitrogen and oxygen atoms in total. The van der Waals surface area contributed by atoms with Gasteiger partial charge in [-0.15, -0.1) is 0 Å². The van der Waals surface area contributed by atoms with E-state index in [-0.39, 0.29) is 5.91 Å². The van der Waals surface area contributed by atoms with Crippen molar-refractivity contribution in [2.45, 2.75) is 39.2 Å². The predicted molar refractivity (Wildman–Crippen MR) is 96.9 cm³/mol. The van der Waals surface area contributed by atoms with Gasteiger partial charge in [0.1, 0.15) is 0 Å². The molecular formula is C20H25NO3. The van der Waals surface area contributed by atoms with Crippen molar-refractivity contribution in [3.8, 4) is 11.5 Å². The van der Waals surface area contributed by atoms with Crippen LogP contribution in [-0.4, -0.2) is 19.1 Å². The highest BCUT2D eigenvalue weighted by atomic mass is 16.5. The van der Waals surface area contributed by atoms with Gasteiger partial charge in [0.05, 0.1) is 7.11 Å². The van der Waals surface area contributed by atoms with Crippen LogP contribution < -0.4 is 14.8 Å². The van der Waals surface area contributed by atoms with Crippen LogP contribution in [0.15, 0.2) is 48.5 Å². The lowest BCUT2D eigenvalue weighted by molar-refractivity contribution is -0.122. The van der Waals surface area contributed by atoms with Crippen molar-refractivity contribution < 1.29 is 14.3 Å². The number of hydrogen-bond acceptors (Lipinski definition) is 3. The molecule has 0 saturated carbocycles. The third-order valence-corrected chi connectivity index (χ3v) is 3.84. The SMILES string of the molecule is CC[C@@H](Oc1ccccc1OC)C(=O)Nc1ccccc1C(C)C. The molecule has 4 heteroatoms. The first-order valence-electron chi connectivity index (χ1n) is 8.26. The second-order valence-electron chi connectivity index (χ2n) is 5.90. The van der Waals surface area contributed by atoms with Crippen LogP contribution in [0.2, 0.25) is 0 Å². The van der Waals surface area contributed by atoms with Crippen molar-refractivity contribution in [3.63, 3.8) is 0 Å². The van der Waals surface area contributed by atoms with Gasteiger partial charge in [0.15, 0.2) is 17.6 Å². The van der Waals surface area contributed by atoms with Crippen molar-refractivity contribution in [1.29, 1.82) is 0 Å². The molecule has 0 unspecified atom stereocenters. The molecule has 2 aromatic rings. The van der Waals surface area contributed by atoms with Crippen molar-refractivity contribution in [3.05, 3.63) is 54.1 Å². The van der Waals surface area contributed by atoms with Crippen LogP contribution in [0.25, 0.3) is 0 Å². The quantitative estimate of drug-likeness (QED) is 0.807. The zero-order chi connectivity index (χ0) is 17.5. The number of para-hydroxylation sites is 3. The van der Waals surface area contributed by atoms with Gasteiger partial charge in [-0.3, -0.25) is 4.79 Å². The Hall–Kier alpha value is -2.49. The Morgan fingerprint density at radius 3 is 2.29 bits per heavy atom. The van der Waals surface area contributed by atoms with Crippen LogP contribution in [0.3, 0.4) is 0 Å². The minimum absolute atomic E-state index is 0.156. The molecule has 0 aliphatic rings. The monoisotopic (exact) mass is 327 g/mol. The fraction of sp³-hybridized carbons (Fsp3) is 0.350. The number of carbonyl (C=O) groups is 1. The van der Waals surface area contributed by atoms with E-state index in [1.165, 1.54) is 0 Å². The van der Waals surface area contributed by atoms with Gasteiger partial charge in [0.2, 0.25) is 0 Å². The molecule has 128 valence electrons. The summed E-state index contributed by atoms with van der Waals surface area (Å²) in [6.07, 6.45) is -0.0187. The summed E-state index contributed by atoms with van der Waals surface area (Å²) in [5.41, 5.74) is 1.94. The molecule has 0 aliphatic carbocycles. The lowest BCUT2D eigenvalue weighted by Crippen LogP contribution is -2.32. The molecule has 2 aromatic carbocycles. The number of carbonyl (C=O) groups excluding carboxylic acids is 1. The summed E-state index contributed by atoms with van der Waals surface area (Å²) in [6.45, 7) is 6.13. The molecule has 1 amide bonds. The fourth-order valence-electron chi connectivity index (χ4n) is 2.52. The Morgan fingerprint density at radius 1 is 1.04 bits per heavy atom. The van der Waals surface area contributed by atoms with E-state index < -0.39 is 6.10 Å². The zero-order valence-corrected chi connectivity index (χ0v) is 14.7. The lowest BCUT2D eigenvalue weighted by Gasteiger charge is -2.20. The Morgan fingerprint density at radius 2 is 1.67 bits per heavy atom. The molecule has 1 N–H and O–H groups in total. The lowest BCUT2D eigenvalue weighted by atomic mass is 10.0. The van der Waals surface area contributed by atoms with E-state index in [4.69, 9.17) is 9.47 Å². The first kappa shape index (κ1) is 17.9. The van der Waals surface area contributed by atoms with E-state index in [0.29, 0.717) is 23.8 Å². The minimum Gasteiger partial charge on any atom is -0.493 e. The normalized spacial score (nSPS) is 11.9. The van der Waals surface area contributed by atoms with Gasteiger partial charge >= 0.3 is 0 Å². The molecular weight excluding hydrogens is 302 g/mol. The van der Waals surface area contributed by atoms with Crippen LogP contribution in [0.5, 0.6) is 11.5 Å². The van der Waals surface area contributed by atoms with Gasteiger partial charge in [-0.25, -0.2) is 0 Å². The number of ether oxygens (including phenoxy) is 2. The smallest absolute Gasteiger partial charge is 0.265 e. The molecule has 0 aliphatic heterocycles. The average Bonchev–Trinajstić information content (AvgIpc) is 2.60. The topological polar surface area (TPSA) is 47.6 Å². The van der Waals surface area contributed by atoms with Crippen LogP contribution in [0.1, 0.15) is 38.7 Å². The summed E-state index contributed by atoms with van der Waals surface area (Å²) in [4.78, 5) is 12.6. The van der Waals surface area contributed by atoms with E-state index in [9.17, 15) is 4.79 Å². The molecule has 0 heterocycles. The highest BCUT2D eigenvalue weighted by molar-refractivity contribution is 5.95. The number of anilines is 1. The summed E-state index contributed by atoms with van der Waals surface area (Å²) in [5, 5.41) is 3.00. The van der Waals surface area contributed by atoms with Gasteiger partial charge in [0.25, 0.3) is 5.91 Å². The van der Waals surface area contributed by atoms with Gasteiger partial charge in [0, 0.05) is 5.69 Å². The number of hydrogen-bond donors (Lipinski definition) is 1. The van der Waals surface area contributed by atoms with Gasteiger partial charge in [-0.05, 0) is 36.1 Å². The van der Waals surface area contributed by atoms with Gasteiger partial charge < -0.3 is 14.8 Å². The van der Waals surface area contributed by atoms with Crippen molar-refractivity contribution >= 4 is 11.6 Å². The van der Waals surface area contributed by atoms with Crippen molar-refractivity contribution in [1.82, 2.24) is 0 Å². The molecule has 0 spiro atoms. The largest absolute Gasteiger partial charge is 0.493 e. The predicted octanol–water partition coefficient (Wildman–Crippen LogP) is 4.61. The molecule has 24 heavy (non-hydrogen) atoms. The zero-order valence-electron chi connectivity index (χ0n) is 14.7. The Kier molecular flexibility index (Phi) is 6.24. The van der Waals surface area contributed by atoms with Crippen LogP contribution in [0, 0.1) is 0 Å². The van der Waals surface area contributed by atoms with Gasteiger partial charge in [-0.1, -0.05) is 51.1 Å². The number of rotatable bonds is 7. The summed E-state index contributed by atoms with van der Waals surface area (Å²) in [7, 11) is 1.59.